The van der Waals surface area contributed by atoms with Crippen molar-refractivity contribution < 1.29 is 4.74 Å². The molecule has 0 radical (unpaired) electrons. The zero-order chi connectivity index (χ0) is 10.4. The molecule has 0 saturated heterocycles. The Morgan fingerprint density at radius 1 is 1.36 bits per heavy atom. The van der Waals surface area contributed by atoms with Gasteiger partial charge in [0.25, 0.3) is 0 Å². The van der Waals surface area contributed by atoms with Crippen LogP contribution < -0.4 is 4.74 Å². The molecule has 1 unspecified atom stereocenters. The van der Waals surface area contributed by atoms with Crippen LogP contribution >= 0.6 is 27.7 Å². The van der Waals surface area contributed by atoms with Gasteiger partial charge in [0.15, 0.2) is 0 Å². The van der Waals surface area contributed by atoms with Crippen molar-refractivity contribution in [2.45, 2.75) is 23.1 Å². The topological polar surface area (TPSA) is 9.23 Å². The summed E-state index contributed by atoms with van der Waals surface area (Å²) in [4.78, 5) is 1.91. The number of rotatable bonds is 5. The quantitative estimate of drug-likeness (QED) is 0.594. The van der Waals surface area contributed by atoms with Crippen molar-refractivity contribution in [3.8, 4) is 5.75 Å². The fourth-order valence-electron chi connectivity index (χ4n) is 1.01. The summed E-state index contributed by atoms with van der Waals surface area (Å²) in [5.41, 5.74) is 0. The Hall–Kier alpha value is -0.150. The van der Waals surface area contributed by atoms with Crippen LogP contribution in [0.3, 0.4) is 0 Å². The van der Waals surface area contributed by atoms with Gasteiger partial charge in [0.05, 0.1) is 7.11 Å². The molecule has 78 valence electrons. The summed E-state index contributed by atoms with van der Waals surface area (Å²) >= 11 is 5.42. The van der Waals surface area contributed by atoms with Gasteiger partial charge in [-0.1, -0.05) is 22.9 Å². The van der Waals surface area contributed by atoms with Gasteiger partial charge >= 0.3 is 0 Å². The van der Waals surface area contributed by atoms with Crippen molar-refractivity contribution in [1.82, 2.24) is 0 Å². The van der Waals surface area contributed by atoms with Crippen LogP contribution in [0.15, 0.2) is 29.2 Å². The van der Waals surface area contributed by atoms with E-state index in [0.717, 1.165) is 11.5 Å². The van der Waals surface area contributed by atoms with Crippen LogP contribution in [-0.4, -0.2) is 17.7 Å². The lowest BCUT2D eigenvalue weighted by atomic mass is 10.3. The Bertz CT molecular complexity index is 258. The maximum atomic E-state index is 5.10. The van der Waals surface area contributed by atoms with Crippen LogP contribution in [0.2, 0.25) is 0 Å². The van der Waals surface area contributed by atoms with Gasteiger partial charge in [-0.2, -0.15) is 0 Å². The molecule has 0 aromatic heterocycles. The van der Waals surface area contributed by atoms with Crippen LogP contribution in [0.25, 0.3) is 0 Å². The van der Waals surface area contributed by atoms with Gasteiger partial charge in [0.1, 0.15) is 5.75 Å². The highest BCUT2D eigenvalue weighted by molar-refractivity contribution is 9.09. The van der Waals surface area contributed by atoms with E-state index < -0.39 is 0 Å². The largest absolute Gasteiger partial charge is 0.497 e. The summed E-state index contributed by atoms with van der Waals surface area (Å²) in [6.07, 6.45) is 1.19. The van der Waals surface area contributed by atoms with E-state index in [1.807, 2.05) is 23.9 Å². The molecular weight excluding hydrogens is 260 g/mol. The van der Waals surface area contributed by atoms with E-state index in [1.54, 1.807) is 7.11 Å². The summed E-state index contributed by atoms with van der Waals surface area (Å²) in [6, 6.07) is 8.20. The Labute approximate surface area is 98.4 Å². The minimum absolute atomic E-state index is 0.605. The average Bonchev–Trinajstić information content (AvgIpc) is 2.18. The Morgan fingerprint density at radius 2 is 2.00 bits per heavy atom. The summed E-state index contributed by atoms with van der Waals surface area (Å²) < 4.78 is 5.10. The van der Waals surface area contributed by atoms with E-state index >= 15 is 0 Å². The van der Waals surface area contributed by atoms with Crippen molar-refractivity contribution in [1.29, 1.82) is 0 Å². The molecule has 3 heteroatoms. The van der Waals surface area contributed by atoms with E-state index in [2.05, 4.69) is 35.0 Å². The standard InChI is InChI=1S/C11H15BrOS/c1-9(12)7-8-14-11-5-3-10(13-2)4-6-11/h3-6,9H,7-8H2,1-2H3. The number of ether oxygens (including phenoxy) is 1. The Kier molecular flexibility index (Phi) is 5.41. The maximum absolute atomic E-state index is 5.10. The highest BCUT2D eigenvalue weighted by Crippen LogP contribution is 2.22. The first-order chi connectivity index (χ1) is 6.72. The molecule has 0 N–H and O–H groups in total. The molecular formula is C11H15BrOS. The van der Waals surface area contributed by atoms with E-state index in [0.29, 0.717) is 4.83 Å². The molecule has 1 atom stereocenters. The second-order valence-electron chi connectivity index (χ2n) is 3.09. The van der Waals surface area contributed by atoms with Crippen LogP contribution in [0.5, 0.6) is 5.75 Å². The lowest BCUT2D eigenvalue weighted by Gasteiger charge is -2.04. The molecule has 0 saturated carbocycles. The summed E-state index contributed by atoms with van der Waals surface area (Å²) in [6.45, 7) is 2.18. The molecule has 0 aliphatic rings. The maximum Gasteiger partial charge on any atom is 0.118 e. The monoisotopic (exact) mass is 274 g/mol. The first-order valence-corrected chi connectivity index (χ1v) is 6.53. The molecule has 0 aliphatic heterocycles. The van der Waals surface area contributed by atoms with Crippen molar-refractivity contribution >= 4 is 27.7 Å². The molecule has 1 aromatic rings. The number of hydrogen-bond donors (Lipinski definition) is 0. The summed E-state index contributed by atoms with van der Waals surface area (Å²) in [5, 5.41) is 0. The average molecular weight is 275 g/mol. The molecule has 14 heavy (non-hydrogen) atoms. The predicted octanol–water partition coefficient (Wildman–Crippen LogP) is 3.96. The molecule has 0 amide bonds. The molecule has 1 aromatic carbocycles. The van der Waals surface area contributed by atoms with Gasteiger partial charge in [-0.25, -0.2) is 0 Å². The van der Waals surface area contributed by atoms with Crippen molar-refractivity contribution in [2.75, 3.05) is 12.9 Å². The smallest absolute Gasteiger partial charge is 0.118 e. The third-order valence-corrected chi connectivity index (χ3v) is 3.35. The van der Waals surface area contributed by atoms with Gasteiger partial charge in [-0.15, -0.1) is 11.8 Å². The van der Waals surface area contributed by atoms with Crippen molar-refractivity contribution in [3.05, 3.63) is 24.3 Å². The van der Waals surface area contributed by atoms with Crippen LogP contribution in [0, 0.1) is 0 Å². The summed E-state index contributed by atoms with van der Waals surface area (Å²) in [5.74, 6) is 2.07. The van der Waals surface area contributed by atoms with Gasteiger partial charge < -0.3 is 4.74 Å². The number of methoxy groups -OCH3 is 1. The number of benzene rings is 1. The fourth-order valence-corrected chi connectivity index (χ4v) is 2.58. The van der Waals surface area contributed by atoms with E-state index in [1.165, 1.54) is 11.3 Å². The second kappa shape index (κ2) is 6.36. The third kappa shape index (κ3) is 4.38. The first kappa shape index (κ1) is 11.9. The molecule has 1 rings (SSSR count). The van der Waals surface area contributed by atoms with Crippen molar-refractivity contribution in [2.24, 2.45) is 0 Å². The minimum atomic E-state index is 0.605. The van der Waals surface area contributed by atoms with Crippen LogP contribution in [0.1, 0.15) is 13.3 Å². The first-order valence-electron chi connectivity index (χ1n) is 4.63. The van der Waals surface area contributed by atoms with Crippen molar-refractivity contribution in [3.63, 3.8) is 0 Å². The Balaban J connectivity index is 2.36. The zero-order valence-electron chi connectivity index (χ0n) is 8.50. The number of hydrogen-bond acceptors (Lipinski definition) is 2. The minimum Gasteiger partial charge on any atom is -0.497 e. The normalized spacial score (nSPS) is 12.5. The second-order valence-corrected chi connectivity index (χ2v) is 5.82. The number of halogens is 1. The lowest BCUT2D eigenvalue weighted by Crippen LogP contribution is -1.91. The lowest BCUT2D eigenvalue weighted by molar-refractivity contribution is 0.414. The molecule has 0 aliphatic carbocycles. The molecule has 1 nitrogen and oxygen atoms in total. The molecule has 0 spiro atoms. The zero-order valence-corrected chi connectivity index (χ0v) is 10.9. The van der Waals surface area contributed by atoms with Gasteiger partial charge in [-0.05, 0) is 36.4 Å². The number of alkyl halides is 1. The molecule has 0 heterocycles. The van der Waals surface area contributed by atoms with Gasteiger partial charge in [-0.3, -0.25) is 0 Å². The van der Waals surface area contributed by atoms with Gasteiger partial charge in [0, 0.05) is 9.72 Å². The van der Waals surface area contributed by atoms with Crippen LogP contribution in [-0.2, 0) is 0 Å². The van der Waals surface area contributed by atoms with Crippen LogP contribution in [0.4, 0.5) is 0 Å². The van der Waals surface area contributed by atoms with E-state index in [9.17, 15) is 0 Å². The third-order valence-electron chi connectivity index (χ3n) is 1.84. The highest BCUT2D eigenvalue weighted by Gasteiger charge is 1.98. The van der Waals surface area contributed by atoms with E-state index in [4.69, 9.17) is 4.74 Å². The summed E-state index contributed by atoms with van der Waals surface area (Å²) in [7, 11) is 1.69. The van der Waals surface area contributed by atoms with E-state index in [-0.39, 0.29) is 0 Å². The fraction of sp³-hybridized carbons (Fsp3) is 0.455. The van der Waals surface area contributed by atoms with Gasteiger partial charge in [0.2, 0.25) is 0 Å². The SMILES string of the molecule is COc1ccc(SCCC(C)Br)cc1. The molecule has 0 fully saturated rings. The number of thioether (sulfide) groups is 1. The predicted molar refractivity (Wildman–Crippen MR) is 66.7 cm³/mol. The Morgan fingerprint density at radius 3 is 2.50 bits per heavy atom. The highest BCUT2D eigenvalue weighted by atomic mass is 79.9. The molecule has 0 bridgehead atoms.